The Hall–Kier alpha value is -1.05. The minimum Gasteiger partial charge on any atom is -0.393 e. The Bertz CT molecular complexity index is 398. The number of hydrogen-bond acceptors (Lipinski definition) is 3. The summed E-state index contributed by atoms with van der Waals surface area (Å²) in [6.45, 7) is 3.78. The topological polar surface area (TPSA) is 56.0 Å². The summed E-state index contributed by atoms with van der Waals surface area (Å²) in [5.41, 5.74) is 1.56. The largest absolute Gasteiger partial charge is 0.393 e. The Morgan fingerprint density at radius 2 is 2.19 bits per heavy atom. The van der Waals surface area contributed by atoms with E-state index in [4.69, 9.17) is 5.26 Å². The molecule has 0 saturated heterocycles. The van der Waals surface area contributed by atoms with Crippen LogP contribution in [0.5, 0.6) is 0 Å². The molecule has 0 amide bonds. The lowest BCUT2D eigenvalue weighted by molar-refractivity contribution is 0.179. The lowest BCUT2D eigenvalue weighted by Crippen LogP contribution is -2.20. The third kappa shape index (κ3) is 3.84. The molecule has 0 aliphatic carbocycles. The van der Waals surface area contributed by atoms with Gasteiger partial charge in [0.1, 0.15) is 0 Å². The van der Waals surface area contributed by atoms with Gasteiger partial charge < -0.3 is 10.4 Å². The molecule has 2 atom stereocenters. The van der Waals surface area contributed by atoms with Crippen molar-refractivity contribution in [2.45, 2.75) is 32.4 Å². The van der Waals surface area contributed by atoms with Crippen LogP contribution in [0.15, 0.2) is 22.7 Å². The molecule has 3 nitrogen and oxygen atoms in total. The van der Waals surface area contributed by atoms with E-state index in [9.17, 15) is 5.11 Å². The van der Waals surface area contributed by atoms with Crippen molar-refractivity contribution >= 4 is 21.6 Å². The first-order valence-electron chi connectivity index (χ1n) is 5.17. The summed E-state index contributed by atoms with van der Waals surface area (Å²) in [6, 6.07) is 7.67. The molecule has 1 rings (SSSR count). The third-order valence-electron chi connectivity index (χ3n) is 2.19. The average Bonchev–Trinajstić information content (AvgIpc) is 2.19. The van der Waals surface area contributed by atoms with E-state index in [-0.39, 0.29) is 12.1 Å². The molecule has 0 radical (unpaired) electrons. The number of benzene rings is 1. The molecule has 0 bridgehead atoms. The van der Waals surface area contributed by atoms with Crippen LogP contribution in [-0.2, 0) is 0 Å². The molecule has 2 N–H and O–H groups in total. The highest BCUT2D eigenvalue weighted by Crippen LogP contribution is 2.24. The molecule has 16 heavy (non-hydrogen) atoms. The Kier molecular flexibility index (Phi) is 4.78. The van der Waals surface area contributed by atoms with Gasteiger partial charge in [-0.05, 0) is 54.4 Å². The van der Waals surface area contributed by atoms with Crippen LogP contribution >= 0.6 is 15.9 Å². The quantitative estimate of drug-likeness (QED) is 0.893. The molecule has 0 saturated carbocycles. The SMILES string of the molecule is CC(O)CC(C)Nc1ccc(C#N)cc1Br. The Balaban J connectivity index is 2.71. The Morgan fingerprint density at radius 1 is 1.50 bits per heavy atom. The van der Waals surface area contributed by atoms with Crippen LogP contribution < -0.4 is 5.32 Å². The van der Waals surface area contributed by atoms with Gasteiger partial charge in [-0.25, -0.2) is 0 Å². The number of rotatable bonds is 4. The molecular weight excluding hydrogens is 268 g/mol. The van der Waals surface area contributed by atoms with Gasteiger partial charge in [-0.1, -0.05) is 0 Å². The minimum atomic E-state index is -0.320. The summed E-state index contributed by atoms with van der Waals surface area (Å²) in [5.74, 6) is 0. The number of nitriles is 1. The third-order valence-corrected chi connectivity index (χ3v) is 2.85. The normalized spacial score (nSPS) is 13.9. The van der Waals surface area contributed by atoms with E-state index >= 15 is 0 Å². The van der Waals surface area contributed by atoms with Gasteiger partial charge in [0.25, 0.3) is 0 Å². The summed E-state index contributed by atoms with van der Waals surface area (Å²) in [4.78, 5) is 0. The smallest absolute Gasteiger partial charge is 0.0992 e. The van der Waals surface area contributed by atoms with E-state index < -0.39 is 0 Å². The standard InChI is InChI=1S/C12H15BrN2O/c1-8(5-9(2)16)15-12-4-3-10(7-14)6-11(12)13/h3-4,6,8-9,15-16H,5H2,1-2H3. The molecule has 0 aliphatic rings. The molecule has 86 valence electrons. The second kappa shape index (κ2) is 5.88. The minimum absolute atomic E-state index is 0.184. The average molecular weight is 283 g/mol. The monoisotopic (exact) mass is 282 g/mol. The fraction of sp³-hybridized carbons (Fsp3) is 0.417. The molecule has 4 heteroatoms. The number of aliphatic hydroxyl groups is 1. The van der Waals surface area contributed by atoms with Crippen molar-refractivity contribution in [2.24, 2.45) is 0 Å². The highest BCUT2D eigenvalue weighted by Gasteiger charge is 2.08. The molecule has 0 heterocycles. The fourth-order valence-electron chi connectivity index (χ4n) is 1.54. The molecule has 0 spiro atoms. The lowest BCUT2D eigenvalue weighted by atomic mass is 10.1. The Morgan fingerprint density at radius 3 is 2.69 bits per heavy atom. The molecule has 0 aromatic heterocycles. The van der Waals surface area contributed by atoms with Gasteiger partial charge in [-0.2, -0.15) is 5.26 Å². The summed E-state index contributed by atoms with van der Waals surface area (Å²) < 4.78 is 0.865. The summed E-state index contributed by atoms with van der Waals surface area (Å²) in [7, 11) is 0. The number of anilines is 1. The van der Waals surface area contributed by atoms with Crippen LogP contribution in [0.4, 0.5) is 5.69 Å². The summed E-state index contributed by atoms with van der Waals surface area (Å²) in [6.07, 6.45) is 0.367. The van der Waals surface area contributed by atoms with Gasteiger partial charge in [0.05, 0.1) is 17.7 Å². The fourth-order valence-corrected chi connectivity index (χ4v) is 2.03. The number of nitrogens with one attached hydrogen (secondary N) is 1. The van der Waals surface area contributed by atoms with Crippen LogP contribution in [0, 0.1) is 11.3 Å². The lowest BCUT2D eigenvalue weighted by Gasteiger charge is -2.17. The number of nitrogens with zero attached hydrogens (tertiary/aromatic N) is 1. The van der Waals surface area contributed by atoms with E-state index in [1.165, 1.54) is 0 Å². The zero-order valence-corrected chi connectivity index (χ0v) is 11.0. The van der Waals surface area contributed by atoms with Crippen molar-refractivity contribution in [1.82, 2.24) is 0 Å². The van der Waals surface area contributed by atoms with Gasteiger partial charge in [0.15, 0.2) is 0 Å². The zero-order valence-electron chi connectivity index (χ0n) is 9.37. The maximum atomic E-state index is 9.26. The molecule has 0 fully saturated rings. The first-order chi connectivity index (χ1) is 7.52. The van der Waals surface area contributed by atoms with Gasteiger partial charge in [0, 0.05) is 16.2 Å². The number of hydrogen-bond donors (Lipinski definition) is 2. The first-order valence-corrected chi connectivity index (χ1v) is 5.96. The van der Waals surface area contributed by atoms with Gasteiger partial charge in [0.2, 0.25) is 0 Å². The number of halogens is 1. The molecule has 2 unspecified atom stereocenters. The van der Waals surface area contributed by atoms with Crippen molar-refractivity contribution in [1.29, 1.82) is 5.26 Å². The van der Waals surface area contributed by atoms with Crippen molar-refractivity contribution in [2.75, 3.05) is 5.32 Å². The second-order valence-electron chi connectivity index (χ2n) is 3.94. The van der Waals surface area contributed by atoms with Gasteiger partial charge in [-0.15, -0.1) is 0 Å². The van der Waals surface area contributed by atoms with Crippen LogP contribution in [0.1, 0.15) is 25.8 Å². The van der Waals surface area contributed by atoms with Crippen molar-refractivity contribution in [3.63, 3.8) is 0 Å². The van der Waals surface area contributed by atoms with Crippen LogP contribution in [0.3, 0.4) is 0 Å². The van der Waals surface area contributed by atoms with Gasteiger partial charge in [-0.3, -0.25) is 0 Å². The summed E-state index contributed by atoms with van der Waals surface area (Å²) >= 11 is 3.41. The van der Waals surface area contributed by atoms with E-state index in [0.29, 0.717) is 12.0 Å². The predicted molar refractivity (Wildman–Crippen MR) is 68.2 cm³/mol. The van der Waals surface area contributed by atoms with Crippen molar-refractivity contribution in [3.05, 3.63) is 28.2 Å². The maximum Gasteiger partial charge on any atom is 0.0992 e. The second-order valence-corrected chi connectivity index (χ2v) is 4.79. The molecule has 1 aromatic carbocycles. The van der Waals surface area contributed by atoms with Gasteiger partial charge >= 0.3 is 0 Å². The molecule has 1 aromatic rings. The van der Waals surface area contributed by atoms with Crippen molar-refractivity contribution < 1.29 is 5.11 Å². The molecule has 0 aliphatic heterocycles. The maximum absolute atomic E-state index is 9.26. The van der Waals surface area contributed by atoms with E-state index in [1.54, 1.807) is 19.1 Å². The Labute approximate surface area is 104 Å². The van der Waals surface area contributed by atoms with Crippen LogP contribution in [0.2, 0.25) is 0 Å². The van der Waals surface area contributed by atoms with E-state index in [2.05, 4.69) is 27.3 Å². The van der Waals surface area contributed by atoms with Crippen LogP contribution in [0.25, 0.3) is 0 Å². The van der Waals surface area contributed by atoms with E-state index in [0.717, 1.165) is 10.2 Å². The summed E-state index contributed by atoms with van der Waals surface area (Å²) in [5, 5.41) is 21.3. The highest BCUT2D eigenvalue weighted by atomic mass is 79.9. The highest BCUT2D eigenvalue weighted by molar-refractivity contribution is 9.10. The zero-order chi connectivity index (χ0) is 12.1. The first kappa shape index (κ1) is 13.0. The molecular formula is C12H15BrN2O. The predicted octanol–water partition coefficient (Wildman–Crippen LogP) is 2.89. The van der Waals surface area contributed by atoms with Crippen LogP contribution in [-0.4, -0.2) is 17.3 Å². The van der Waals surface area contributed by atoms with Crippen molar-refractivity contribution in [3.8, 4) is 6.07 Å². The number of aliphatic hydroxyl groups excluding tert-OH is 1. The van der Waals surface area contributed by atoms with E-state index in [1.807, 2.05) is 13.0 Å².